The molecule has 0 amide bonds. The summed E-state index contributed by atoms with van der Waals surface area (Å²) in [5.41, 5.74) is 0.749. The minimum atomic E-state index is 0.749. The molecule has 0 N–H and O–H groups in total. The van der Waals surface area contributed by atoms with Crippen molar-refractivity contribution in [3.8, 4) is 0 Å². The van der Waals surface area contributed by atoms with E-state index in [0.717, 1.165) is 23.2 Å². The zero-order valence-electron chi connectivity index (χ0n) is 15.1. The maximum Gasteiger partial charge on any atom is -0.0297 e. The molecule has 0 aliphatic heterocycles. The van der Waals surface area contributed by atoms with E-state index in [0.29, 0.717) is 0 Å². The third kappa shape index (κ3) is 4.73. The highest BCUT2D eigenvalue weighted by Crippen LogP contribution is 2.49. The summed E-state index contributed by atoms with van der Waals surface area (Å²) in [6.45, 7) is 7.13. The van der Waals surface area contributed by atoms with Crippen LogP contribution in [-0.4, -0.2) is 0 Å². The second-order valence-corrected chi connectivity index (χ2v) is 8.41. The van der Waals surface area contributed by atoms with Gasteiger partial charge >= 0.3 is 0 Å². The van der Waals surface area contributed by atoms with Gasteiger partial charge in [-0.05, 0) is 74.5 Å². The predicted molar refractivity (Wildman–Crippen MR) is 94.6 cm³/mol. The van der Waals surface area contributed by atoms with Gasteiger partial charge in [-0.15, -0.1) is 0 Å². The van der Waals surface area contributed by atoms with Crippen LogP contribution < -0.4 is 0 Å². The second-order valence-electron chi connectivity index (χ2n) is 8.41. The molecule has 2 rings (SSSR count). The zero-order chi connectivity index (χ0) is 15.1. The van der Waals surface area contributed by atoms with Crippen molar-refractivity contribution in [2.75, 3.05) is 0 Å². The van der Waals surface area contributed by atoms with Crippen LogP contribution in [0.15, 0.2) is 0 Å². The van der Waals surface area contributed by atoms with E-state index in [1.165, 1.54) is 38.5 Å². The molecule has 0 aromatic rings. The molecule has 0 bridgehead atoms. The lowest BCUT2D eigenvalue weighted by molar-refractivity contribution is 0.0772. The Morgan fingerprint density at radius 2 is 1.19 bits per heavy atom. The van der Waals surface area contributed by atoms with Crippen molar-refractivity contribution in [3.05, 3.63) is 0 Å². The van der Waals surface area contributed by atoms with Gasteiger partial charge in [-0.25, -0.2) is 0 Å². The molecule has 0 radical (unpaired) electrons. The third-order valence-corrected chi connectivity index (χ3v) is 6.91. The van der Waals surface area contributed by atoms with Gasteiger partial charge in [-0.3, -0.25) is 0 Å². The highest BCUT2D eigenvalue weighted by atomic mass is 14.4. The third-order valence-electron chi connectivity index (χ3n) is 6.91. The standard InChI is InChI=1S/C21H40/c1-4-7-18-8-10-19(11-9-18)20-12-16-21(14-5-2,15-6-3)17-13-20/h18-20H,4-17H2,1-3H3/t18-,19-. The average Bonchev–Trinajstić information content (AvgIpc) is 2.50. The Kier molecular flexibility index (Phi) is 7.10. The van der Waals surface area contributed by atoms with Crippen molar-refractivity contribution < 1.29 is 0 Å². The molecular weight excluding hydrogens is 252 g/mol. The molecule has 0 heterocycles. The summed E-state index contributed by atoms with van der Waals surface area (Å²) in [7, 11) is 0. The summed E-state index contributed by atoms with van der Waals surface area (Å²) in [4.78, 5) is 0. The number of rotatable bonds is 7. The predicted octanol–water partition coefficient (Wildman–Crippen LogP) is 7.37. The van der Waals surface area contributed by atoms with E-state index in [9.17, 15) is 0 Å². The molecule has 0 aromatic carbocycles. The fraction of sp³-hybridized carbons (Fsp3) is 1.00. The molecule has 0 aromatic heterocycles. The van der Waals surface area contributed by atoms with E-state index < -0.39 is 0 Å². The van der Waals surface area contributed by atoms with Crippen LogP contribution in [0, 0.1) is 23.2 Å². The Morgan fingerprint density at radius 3 is 1.67 bits per heavy atom. The largest absolute Gasteiger partial charge is 0.0654 e. The molecule has 0 unspecified atom stereocenters. The first-order valence-corrected chi connectivity index (χ1v) is 10.2. The van der Waals surface area contributed by atoms with Crippen LogP contribution in [-0.2, 0) is 0 Å². The van der Waals surface area contributed by atoms with Gasteiger partial charge in [0, 0.05) is 0 Å². The summed E-state index contributed by atoms with van der Waals surface area (Å²) in [5.74, 6) is 3.27. The first-order chi connectivity index (χ1) is 10.2. The molecule has 0 spiro atoms. The lowest BCUT2D eigenvalue weighted by Crippen LogP contribution is -2.31. The molecule has 2 aliphatic rings. The van der Waals surface area contributed by atoms with Crippen LogP contribution in [0.1, 0.15) is 111 Å². The quantitative estimate of drug-likeness (QED) is 0.459. The highest BCUT2D eigenvalue weighted by molar-refractivity contribution is 4.88. The van der Waals surface area contributed by atoms with Gasteiger partial charge < -0.3 is 0 Å². The molecule has 21 heavy (non-hydrogen) atoms. The van der Waals surface area contributed by atoms with E-state index in [2.05, 4.69) is 20.8 Å². The fourth-order valence-electron chi connectivity index (χ4n) is 5.77. The Bertz CT molecular complexity index is 256. The van der Waals surface area contributed by atoms with Gasteiger partial charge in [0.1, 0.15) is 0 Å². The highest BCUT2D eigenvalue weighted by Gasteiger charge is 2.37. The van der Waals surface area contributed by atoms with Gasteiger partial charge in [-0.1, -0.05) is 59.3 Å². The molecule has 2 aliphatic carbocycles. The summed E-state index contributed by atoms with van der Waals surface area (Å²) < 4.78 is 0. The Balaban J connectivity index is 1.78. The fourth-order valence-corrected chi connectivity index (χ4v) is 5.77. The first-order valence-electron chi connectivity index (χ1n) is 10.2. The first kappa shape index (κ1) is 17.4. The van der Waals surface area contributed by atoms with Crippen molar-refractivity contribution in [1.82, 2.24) is 0 Å². The smallest absolute Gasteiger partial charge is 0.0297 e. The summed E-state index contributed by atoms with van der Waals surface area (Å²) in [5, 5.41) is 0. The van der Waals surface area contributed by atoms with Gasteiger partial charge in [0.2, 0.25) is 0 Å². The SMILES string of the molecule is CCCC1(CCC)CCC([C@H]2CC[C@H](CCC)CC2)CC1. The zero-order valence-corrected chi connectivity index (χ0v) is 15.1. The Hall–Kier alpha value is 0. The minimum Gasteiger partial charge on any atom is -0.0654 e. The average molecular weight is 293 g/mol. The number of hydrogen-bond acceptors (Lipinski definition) is 0. The van der Waals surface area contributed by atoms with Gasteiger partial charge in [0.05, 0.1) is 0 Å². The van der Waals surface area contributed by atoms with Crippen LogP contribution in [0.3, 0.4) is 0 Å². The van der Waals surface area contributed by atoms with Crippen molar-refractivity contribution in [2.24, 2.45) is 23.2 Å². The molecule has 0 nitrogen and oxygen atoms in total. The maximum atomic E-state index is 2.39. The molecule has 2 saturated carbocycles. The van der Waals surface area contributed by atoms with E-state index in [1.807, 2.05) is 0 Å². The van der Waals surface area contributed by atoms with Gasteiger partial charge in [0.25, 0.3) is 0 Å². The normalized spacial score (nSPS) is 30.4. The lowest BCUT2D eigenvalue weighted by Gasteiger charge is -2.44. The monoisotopic (exact) mass is 292 g/mol. The van der Waals surface area contributed by atoms with Gasteiger partial charge in [-0.2, -0.15) is 0 Å². The molecule has 0 atom stereocenters. The lowest BCUT2D eigenvalue weighted by atomic mass is 9.62. The summed E-state index contributed by atoms with van der Waals surface area (Å²) in [6, 6.07) is 0. The minimum absolute atomic E-state index is 0.749. The number of hydrogen-bond donors (Lipinski definition) is 0. The van der Waals surface area contributed by atoms with Crippen LogP contribution in [0.2, 0.25) is 0 Å². The summed E-state index contributed by atoms with van der Waals surface area (Å²) >= 11 is 0. The van der Waals surface area contributed by atoms with Crippen molar-refractivity contribution >= 4 is 0 Å². The molecule has 124 valence electrons. The molecule has 2 fully saturated rings. The molecule has 0 saturated heterocycles. The van der Waals surface area contributed by atoms with Crippen LogP contribution in [0.5, 0.6) is 0 Å². The van der Waals surface area contributed by atoms with E-state index in [4.69, 9.17) is 0 Å². The van der Waals surface area contributed by atoms with E-state index in [-0.39, 0.29) is 0 Å². The van der Waals surface area contributed by atoms with Gasteiger partial charge in [0.15, 0.2) is 0 Å². The Labute approximate surface area is 134 Å². The second kappa shape index (κ2) is 8.59. The Morgan fingerprint density at radius 1 is 0.667 bits per heavy atom. The van der Waals surface area contributed by atoms with Crippen molar-refractivity contribution in [1.29, 1.82) is 0 Å². The summed E-state index contributed by atoms with van der Waals surface area (Å²) in [6.07, 6.45) is 21.1. The topological polar surface area (TPSA) is 0 Å². The van der Waals surface area contributed by atoms with Crippen LogP contribution in [0.25, 0.3) is 0 Å². The van der Waals surface area contributed by atoms with Crippen LogP contribution >= 0.6 is 0 Å². The maximum absolute atomic E-state index is 2.39. The van der Waals surface area contributed by atoms with Crippen molar-refractivity contribution in [3.63, 3.8) is 0 Å². The van der Waals surface area contributed by atoms with E-state index >= 15 is 0 Å². The van der Waals surface area contributed by atoms with Crippen LogP contribution in [0.4, 0.5) is 0 Å². The van der Waals surface area contributed by atoms with Crippen molar-refractivity contribution in [2.45, 2.75) is 111 Å². The molecule has 0 heteroatoms. The molecular formula is C21H40. The van der Waals surface area contributed by atoms with E-state index in [1.54, 1.807) is 51.4 Å².